The second-order valence-corrected chi connectivity index (χ2v) is 4.93. The van der Waals surface area contributed by atoms with E-state index >= 15 is 0 Å². The lowest BCUT2D eigenvalue weighted by molar-refractivity contribution is -0.121. The smallest absolute Gasteiger partial charge is 0.224 e. The van der Waals surface area contributed by atoms with Gasteiger partial charge in [-0.15, -0.1) is 0 Å². The van der Waals surface area contributed by atoms with Gasteiger partial charge in [-0.05, 0) is 17.7 Å². The molecule has 1 aliphatic heterocycles. The fourth-order valence-electron chi connectivity index (χ4n) is 2.14. The normalized spacial score (nSPS) is 22.5. The zero-order chi connectivity index (χ0) is 13.8. The largest absolute Gasteiger partial charge is 0.378 e. The van der Waals surface area contributed by atoms with Gasteiger partial charge in [0, 0.05) is 25.2 Å². The van der Waals surface area contributed by atoms with Crippen LogP contribution in [-0.4, -0.2) is 38.3 Å². The molecule has 104 valence electrons. The zero-order valence-corrected chi connectivity index (χ0v) is 11.3. The van der Waals surface area contributed by atoms with Gasteiger partial charge in [-0.25, -0.2) is 4.39 Å². The van der Waals surface area contributed by atoms with Crippen molar-refractivity contribution in [1.29, 1.82) is 0 Å². The Hall–Kier alpha value is -1.17. The van der Waals surface area contributed by atoms with Crippen molar-refractivity contribution in [2.45, 2.75) is 18.6 Å². The van der Waals surface area contributed by atoms with Crippen LogP contribution in [0.4, 0.5) is 4.39 Å². The van der Waals surface area contributed by atoms with E-state index in [0.29, 0.717) is 12.1 Å². The summed E-state index contributed by atoms with van der Waals surface area (Å²) < 4.78 is 18.2. The molecule has 2 atom stereocenters. The fourth-order valence-corrected chi connectivity index (χ4v) is 2.38. The Kier molecular flexibility index (Phi) is 4.74. The summed E-state index contributed by atoms with van der Waals surface area (Å²) in [5.41, 5.74) is 0.612. The molecule has 1 aromatic carbocycles. The Balaban J connectivity index is 1.94. The lowest BCUT2D eigenvalue weighted by Crippen LogP contribution is -2.44. The number of benzene rings is 1. The number of rotatable bonds is 4. The van der Waals surface area contributed by atoms with Crippen LogP contribution in [-0.2, 0) is 16.0 Å². The SMILES string of the molecule is CO[C@H]1CNC[C@@H]1NC(=O)Cc1ccc(F)cc1Cl. The minimum atomic E-state index is -0.409. The highest BCUT2D eigenvalue weighted by atomic mass is 35.5. The number of hydrogen-bond acceptors (Lipinski definition) is 3. The van der Waals surface area contributed by atoms with Gasteiger partial charge in [-0.3, -0.25) is 4.79 Å². The Bertz CT molecular complexity index is 470. The molecule has 1 fully saturated rings. The number of amides is 1. The average molecular weight is 287 g/mol. The minimum Gasteiger partial charge on any atom is -0.378 e. The lowest BCUT2D eigenvalue weighted by atomic mass is 10.1. The number of carbonyl (C=O) groups excluding carboxylic acids is 1. The summed E-state index contributed by atoms with van der Waals surface area (Å²) >= 11 is 5.89. The van der Waals surface area contributed by atoms with E-state index in [-0.39, 0.29) is 29.5 Å². The standard InChI is InChI=1S/C13H16ClFN2O2/c1-19-12-7-16-6-11(12)17-13(18)4-8-2-3-9(15)5-10(8)14/h2-3,5,11-12,16H,4,6-7H2,1H3,(H,17,18)/t11-,12-/m0/s1. The van der Waals surface area contributed by atoms with E-state index in [1.807, 2.05) is 0 Å². The van der Waals surface area contributed by atoms with Crippen LogP contribution in [0.15, 0.2) is 18.2 Å². The summed E-state index contributed by atoms with van der Waals surface area (Å²) in [4.78, 5) is 11.9. The highest BCUT2D eigenvalue weighted by molar-refractivity contribution is 6.31. The van der Waals surface area contributed by atoms with Crippen molar-refractivity contribution < 1.29 is 13.9 Å². The summed E-state index contributed by atoms with van der Waals surface area (Å²) in [6.45, 7) is 1.40. The maximum atomic E-state index is 12.9. The second kappa shape index (κ2) is 6.32. The molecule has 1 aliphatic rings. The quantitative estimate of drug-likeness (QED) is 0.872. The van der Waals surface area contributed by atoms with Crippen LogP contribution in [0.5, 0.6) is 0 Å². The maximum Gasteiger partial charge on any atom is 0.224 e. The molecule has 4 nitrogen and oxygen atoms in total. The van der Waals surface area contributed by atoms with Crippen molar-refractivity contribution in [3.63, 3.8) is 0 Å². The van der Waals surface area contributed by atoms with Crippen molar-refractivity contribution in [3.05, 3.63) is 34.6 Å². The number of carbonyl (C=O) groups is 1. The van der Waals surface area contributed by atoms with Crippen molar-refractivity contribution in [2.24, 2.45) is 0 Å². The van der Waals surface area contributed by atoms with Crippen molar-refractivity contribution in [1.82, 2.24) is 10.6 Å². The molecule has 0 aliphatic carbocycles. The monoisotopic (exact) mass is 286 g/mol. The van der Waals surface area contributed by atoms with Gasteiger partial charge in [0.2, 0.25) is 5.91 Å². The number of halogens is 2. The van der Waals surface area contributed by atoms with E-state index in [1.54, 1.807) is 7.11 Å². The van der Waals surface area contributed by atoms with Crippen molar-refractivity contribution in [2.75, 3.05) is 20.2 Å². The molecule has 19 heavy (non-hydrogen) atoms. The molecule has 0 aromatic heterocycles. The molecule has 1 heterocycles. The number of hydrogen-bond donors (Lipinski definition) is 2. The maximum absolute atomic E-state index is 12.9. The van der Waals surface area contributed by atoms with Gasteiger partial charge < -0.3 is 15.4 Å². The molecule has 0 saturated carbocycles. The van der Waals surface area contributed by atoms with Crippen LogP contribution in [0.1, 0.15) is 5.56 Å². The molecule has 0 bridgehead atoms. The van der Waals surface area contributed by atoms with Crippen molar-refractivity contribution >= 4 is 17.5 Å². The average Bonchev–Trinajstić information content (AvgIpc) is 2.80. The van der Waals surface area contributed by atoms with E-state index < -0.39 is 5.82 Å². The third kappa shape index (κ3) is 3.65. The number of ether oxygens (including phenoxy) is 1. The molecule has 0 spiro atoms. The number of methoxy groups -OCH3 is 1. The van der Waals surface area contributed by atoms with Gasteiger partial charge >= 0.3 is 0 Å². The Morgan fingerprint density at radius 2 is 2.37 bits per heavy atom. The van der Waals surface area contributed by atoms with Gasteiger partial charge in [0.25, 0.3) is 0 Å². The highest BCUT2D eigenvalue weighted by Crippen LogP contribution is 2.17. The Labute approximate surface area is 116 Å². The fraction of sp³-hybridized carbons (Fsp3) is 0.462. The van der Waals surface area contributed by atoms with Crippen LogP contribution in [0, 0.1) is 5.82 Å². The molecular weight excluding hydrogens is 271 g/mol. The predicted molar refractivity (Wildman–Crippen MR) is 70.7 cm³/mol. The Morgan fingerprint density at radius 1 is 1.58 bits per heavy atom. The van der Waals surface area contributed by atoms with Gasteiger partial charge in [0.05, 0.1) is 18.6 Å². The van der Waals surface area contributed by atoms with Crippen LogP contribution in [0.3, 0.4) is 0 Å². The molecule has 0 unspecified atom stereocenters. The second-order valence-electron chi connectivity index (χ2n) is 4.52. The summed E-state index contributed by atoms with van der Waals surface area (Å²) in [5, 5.41) is 6.30. The first-order chi connectivity index (χ1) is 9.10. The van der Waals surface area contributed by atoms with Gasteiger partial charge in [-0.1, -0.05) is 17.7 Å². The molecular formula is C13H16ClFN2O2. The molecule has 2 N–H and O–H groups in total. The molecule has 1 amide bonds. The van der Waals surface area contributed by atoms with Crippen LogP contribution in [0.25, 0.3) is 0 Å². The van der Waals surface area contributed by atoms with E-state index in [1.165, 1.54) is 18.2 Å². The van der Waals surface area contributed by atoms with E-state index in [2.05, 4.69) is 10.6 Å². The molecule has 1 saturated heterocycles. The number of nitrogens with one attached hydrogen (secondary N) is 2. The first kappa shape index (κ1) is 14.2. The van der Waals surface area contributed by atoms with E-state index in [0.717, 1.165) is 6.54 Å². The van der Waals surface area contributed by atoms with Crippen molar-refractivity contribution in [3.8, 4) is 0 Å². The summed E-state index contributed by atoms with van der Waals surface area (Å²) in [6.07, 6.45) is 0.110. The van der Waals surface area contributed by atoms with Crippen LogP contribution in [0.2, 0.25) is 5.02 Å². The first-order valence-corrected chi connectivity index (χ1v) is 6.44. The molecule has 1 aromatic rings. The third-order valence-electron chi connectivity index (χ3n) is 3.17. The molecule has 6 heteroatoms. The predicted octanol–water partition coefficient (Wildman–Crippen LogP) is 1.12. The molecule has 0 radical (unpaired) electrons. The van der Waals surface area contributed by atoms with E-state index in [4.69, 9.17) is 16.3 Å². The van der Waals surface area contributed by atoms with Crippen LogP contribution >= 0.6 is 11.6 Å². The van der Waals surface area contributed by atoms with E-state index in [9.17, 15) is 9.18 Å². The lowest BCUT2D eigenvalue weighted by Gasteiger charge is -2.18. The zero-order valence-electron chi connectivity index (χ0n) is 10.6. The topological polar surface area (TPSA) is 50.4 Å². The Morgan fingerprint density at radius 3 is 3.05 bits per heavy atom. The van der Waals surface area contributed by atoms with Gasteiger partial charge in [0.15, 0.2) is 0 Å². The first-order valence-electron chi connectivity index (χ1n) is 6.07. The van der Waals surface area contributed by atoms with Gasteiger partial charge in [-0.2, -0.15) is 0 Å². The highest BCUT2D eigenvalue weighted by Gasteiger charge is 2.28. The summed E-state index contributed by atoms with van der Waals surface area (Å²) in [7, 11) is 1.62. The summed E-state index contributed by atoms with van der Waals surface area (Å²) in [5.74, 6) is -0.558. The minimum absolute atomic E-state index is 0.0207. The van der Waals surface area contributed by atoms with Gasteiger partial charge in [0.1, 0.15) is 5.82 Å². The summed E-state index contributed by atoms with van der Waals surface area (Å²) in [6, 6.07) is 3.98. The van der Waals surface area contributed by atoms with Crippen LogP contribution < -0.4 is 10.6 Å². The third-order valence-corrected chi connectivity index (χ3v) is 3.53. The molecule has 2 rings (SSSR count).